The normalized spacial score (nSPS) is 12.6. The molecular formula is C24H34N2O6. The molecule has 0 saturated carbocycles. The standard InChI is InChI=1S/C24H34N2O6/c1-7-9-15-31-22(28)20(16-17-11-13-18(30-6)14-12-17)25-21(27)19(10-8-2)26-23(29)32-24(3,4)5/h2,11-14,19-20H,7,9-10,15-16H2,1,3-6H3,(H,25,27)(H,26,29)/t19-,20-/m0/s1. The predicted octanol–water partition coefficient (Wildman–Crippen LogP) is 2.98. The van der Waals surface area contributed by atoms with E-state index in [0.29, 0.717) is 5.75 Å². The van der Waals surface area contributed by atoms with Crippen LogP contribution in [0.2, 0.25) is 0 Å². The number of rotatable bonds is 11. The highest BCUT2D eigenvalue weighted by Crippen LogP contribution is 2.14. The maximum Gasteiger partial charge on any atom is 0.408 e. The highest BCUT2D eigenvalue weighted by Gasteiger charge is 2.29. The van der Waals surface area contributed by atoms with Crippen LogP contribution in [-0.2, 0) is 25.5 Å². The minimum absolute atomic E-state index is 0.0643. The van der Waals surface area contributed by atoms with Crippen LogP contribution in [0.4, 0.5) is 4.79 Å². The van der Waals surface area contributed by atoms with Crippen molar-refractivity contribution in [2.75, 3.05) is 13.7 Å². The molecule has 0 aliphatic heterocycles. The summed E-state index contributed by atoms with van der Waals surface area (Å²) < 4.78 is 15.7. The lowest BCUT2D eigenvalue weighted by molar-refractivity contribution is -0.148. The summed E-state index contributed by atoms with van der Waals surface area (Å²) in [6.07, 6.45) is 6.32. The maximum absolute atomic E-state index is 12.9. The Hall–Kier alpha value is -3.21. The molecule has 2 amide bonds. The van der Waals surface area contributed by atoms with E-state index in [0.717, 1.165) is 18.4 Å². The van der Waals surface area contributed by atoms with Gasteiger partial charge >= 0.3 is 12.1 Å². The molecule has 0 heterocycles. The number of ether oxygens (including phenoxy) is 3. The van der Waals surface area contributed by atoms with Gasteiger partial charge in [0.1, 0.15) is 23.4 Å². The molecule has 176 valence electrons. The molecule has 0 aromatic heterocycles. The van der Waals surface area contributed by atoms with Crippen LogP contribution in [0.3, 0.4) is 0 Å². The summed E-state index contributed by atoms with van der Waals surface area (Å²) in [4.78, 5) is 37.6. The van der Waals surface area contributed by atoms with Crippen LogP contribution in [0.1, 0.15) is 52.5 Å². The van der Waals surface area contributed by atoms with Crippen LogP contribution in [0.5, 0.6) is 5.75 Å². The lowest BCUT2D eigenvalue weighted by atomic mass is 10.0. The van der Waals surface area contributed by atoms with Gasteiger partial charge in [0, 0.05) is 12.8 Å². The van der Waals surface area contributed by atoms with Crippen LogP contribution in [0.25, 0.3) is 0 Å². The summed E-state index contributed by atoms with van der Waals surface area (Å²) in [5.41, 5.74) is 0.0680. The Morgan fingerprint density at radius 1 is 1.09 bits per heavy atom. The van der Waals surface area contributed by atoms with E-state index in [-0.39, 0.29) is 19.4 Å². The number of amides is 2. The first kappa shape index (κ1) is 26.8. The van der Waals surface area contributed by atoms with Gasteiger partial charge in [-0.1, -0.05) is 25.5 Å². The molecular weight excluding hydrogens is 412 g/mol. The number of methoxy groups -OCH3 is 1. The van der Waals surface area contributed by atoms with Gasteiger partial charge in [-0.15, -0.1) is 12.3 Å². The van der Waals surface area contributed by atoms with E-state index in [1.807, 2.05) is 6.92 Å². The van der Waals surface area contributed by atoms with Crippen molar-refractivity contribution in [2.45, 2.75) is 71.1 Å². The van der Waals surface area contributed by atoms with Gasteiger partial charge in [-0.2, -0.15) is 0 Å². The second kappa shape index (κ2) is 13.3. The molecule has 8 heteroatoms. The van der Waals surface area contributed by atoms with E-state index in [1.165, 1.54) is 0 Å². The van der Waals surface area contributed by atoms with Gasteiger partial charge in [0.25, 0.3) is 0 Å². The lowest BCUT2D eigenvalue weighted by Crippen LogP contribution is -2.53. The van der Waals surface area contributed by atoms with Gasteiger partial charge in [0.15, 0.2) is 0 Å². The Morgan fingerprint density at radius 3 is 2.28 bits per heavy atom. The Balaban J connectivity index is 2.94. The van der Waals surface area contributed by atoms with Crippen molar-refractivity contribution in [2.24, 2.45) is 0 Å². The van der Waals surface area contributed by atoms with E-state index in [4.69, 9.17) is 20.6 Å². The quantitative estimate of drug-likeness (QED) is 0.308. The zero-order valence-electron chi connectivity index (χ0n) is 19.5. The summed E-state index contributed by atoms with van der Waals surface area (Å²) >= 11 is 0. The summed E-state index contributed by atoms with van der Waals surface area (Å²) in [6, 6.07) is 5.12. The van der Waals surface area contributed by atoms with Crippen molar-refractivity contribution >= 4 is 18.0 Å². The van der Waals surface area contributed by atoms with E-state index in [1.54, 1.807) is 52.1 Å². The topological polar surface area (TPSA) is 103 Å². The van der Waals surface area contributed by atoms with Gasteiger partial charge in [0.05, 0.1) is 13.7 Å². The van der Waals surface area contributed by atoms with Crippen LogP contribution in [0.15, 0.2) is 24.3 Å². The molecule has 1 aromatic rings. The molecule has 0 unspecified atom stereocenters. The van der Waals surface area contributed by atoms with E-state index < -0.39 is 35.7 Å². The molecule has 0 radical (unpaired) electrons. The zero-order valence-corrected chi connectivity index (χ0v) is 19.5. The largest absolute Gasteiger partial charge is 0.497 e. The molecule has 1 rings (SSSR count). The first-order chi connectivity index (χ1) is 15.1. The summed E-state index contributed by atoms with van der Waals surface area (Å²) in [7, 11) is 1.56. The number of terminal acetylenes is 1. The summed E-state index contributed by atoms with van der Waals surface area (Å²) in [5.74, 6) is 1.89. The predicted molar refractivity (Wildman–Crippen MR) is 121 cm³/mol. The van der Waals surface area contributed by atoms with Crippen molar-refractivity contribution in [1.29, 1.82) is 0 Å². The molecule has 0 spiro atoms. The van der Waals surface area contributed by atoms with Crippen LogP contribution >= 0.6 is 0 Å². The van der Waals surface area contributed by atoms with E-state index in [9.17, 15) is 14.4 Å². The van der Waals surface area contributed by atoms with Gasteiger partial charge < -0.3 is 24.8 Å². The average Bonchev–Trinajstić information content (AvgIpc) is 2.72. The fourth-order valence-electron chi connectivity index (χ4n) is 2.66. The van der Waals surface area contributed by atoms with Crippen LogP contribution in [-0.4, -0.2) is 49.4 Å². The Kier molecular flexibility index (Phi) is 11.1. The summed E-state index contributed by atoms with van der Waals surface area (Å²) in [6.45, 7) is 7.37. The maximum atomic E-state index is 12.9. The SMILES string of the molecule is C#CC[C@H](NC(=O)OC(C)(C)C)C(=O)N[C@@H](Cc1ccc(OC)cc1)C(=O)OCCCC. The molecule has 0 aliphatic carbocycles. The molecule has 32 heavy (non-hydrogen) atoms. The monoisotopic (exact) mass is 446 g/mol. The number of carbonyl (C=O) groups excluding carboxylic acids is 3. The highest BCUT2D eigenvalue weighted by atomic mass is 16.6. The molecule has 0 saturated heterocycles. The van der Waals surface area contributed by atoms with E-state index >= 15 is 0 Å². The number of nitrogens with one attached hydrogen (secondary N) is 2. The zero-order chi connectivity index (χ0) is 24.1. The number of esters is 1. The molecule has 0 aliphatic rings. The Morgan fingerprint density at radius 2 is 1.75 bits per heavy atom. The van der Waals surface area contributed by atoms with Crippen molar-refractivity contribution in [3.8, 4) is 18.1 Å². The number of alkyl carbamates (subject to hydrolysis) is 1. The number of unbranched alkanes of at least 4 members (excludes halogenated alkanes) is 1. The number of hydrogen-bond donors (Lipinski definition) is 2. The van der Waals surface area contributed by atoms with E-state index in [2.05, 4.69) is 16.6 Å². The van der Waals surface area contributed by atoms with Gasteiger partial charge in [-0.3, -0.25) is 4.79 Å². The fraction of sp³-hybridized carbons (Fsp3) is 0.542. The smallest absolute Gasteiger partial charge is 0.408 e. The number of carbonyl (C=O) groups is 3. The van der Waals surface area contributed by atoms with Gasteiger partial charge in [-0.05, 0) is 44.9 Å². The highest BCUT2D eigenvalue weighted by molar-refractivity contribution is 5.90. The minimum Gasteiger partial charge on any atom is -0.497 e. The number of benzene rings is 1. The van der Waals surface area contributed by atoms with Gasteiger partial charge in [0.2, 0.25) is 5.91 Å². The second-order valence-electron chi connectivity index (χ2n) is 8.24. The molecule has 2 atom stereocenters. The minimum atomic E-state index is -1.06. The van der Waals surface area contributed by atoms with Crippen molar-refractivity contribution in [3.05, 3.63) is 29.8 Å². The number of hydrogen-bond acceptors (Lipinski definition) is 6. The molecule has 0 bridgehead atoms. The third-order valence-electron chi connectivity index (χ3n) is 4.27. The van der Waals surface area contributed by atoms with Crippen molar-refractivity contribution in [1.82, 2.24) is 10.6 Å². The van der Waals surface area contributed by atoms with Gasteiger partial charge in [-0.25, -0.2) is 9.59 Å². The summed E-state index contributed by atoms with van der Waals surface area (Å²) in [5, 5.41) is 5.13. The molecule has 0 fully saturated rings. The average molecular weight is 447 g/mol. The molecule has 8 nitrogen and oxygen atoms in total. The third kappa shape index (κ3) is 10.2. The van der Waals surface area contributed by atoms with Crippen LogP contribution < -0.4 is 15.4 Å². The molecule has 2 N–H and O–H groups in total. The van der Waals surface area contributed by atoms with Crippen molar-refractivity contribution < 1.29 is 28.6 Å². The Bertz CT molecular complexity index is 792. The third-order valence-corrected chi connectivity index (χ3v) is 4.27. The fourth-order valence-corrected chi connectivity index (χ4v) is 2.66. The van der Waals surface area contributed by atoms with Crippen LogP contribution in [0, 0.1) is 12.3 Å². The second-order valence-corrected chi connectivity index (χ2v) is 8.24. The Labute approximate surface area is 190 Å². The molecule has 1 aromatic carbocycles. The van der Waals surface area contributed by atoms with Crippen molar-refractivity contribution in [3.63, 3.8) is 0 Å². The lowest BCUT2D eigenvalue weighted by Gasteiger charge is -2.24. The first-order valence-corrected chi connectivity index (χ1v) is 10.6. The first-order valence-electron chi connectivity index (χ1n) is 10.6.